The highest BCUT2D eigenvalue weighted by Gasteiger charge is 2.16. The molecule has 0 N–H and O–H groups in total. The van der Waals surface area contributed by atoms with Crippen molar-refractivity contribution in [1.29, 1.82) is 0 Å². The van der Waals surface area contributed by atoms with Gasteiger partial charge in [-0.05, 0) is 18.2 Å². The largest absolute Gasteiger partial charge is 0.332 e. The maximum atomic E-state index is 13.6. The topological polar surface area (TPSA) is 96.2 Å². The molecule has 1 amide bonds. The number of nitrogens with zero attached hydrogens (tertiary/aromatic N) is 6. The summed E-state index contributed by atoms with van der Waals surface area (Å²) in [6.07, 6.45) is 2.99. The van der Waals surface area contributed by atoms with Crippen LogP contribution in [0.25, 0.3) is 21.4 Å². The molecule has 0 atom stereocenters. The van der Waals surface area contributed by atoms with E-state index in [1.54, 1.807) is 16.7 Å². The zero-order valence-corrected chi connectivity index (χ0v) is 17.0. The third-order valence-corrected chi connectivity index (χ3v) is 5.74. The normalized spacial score (nSPS) is 12.2. The fraction of sp³-hybridized carbons (Fsp3) is 0.211. The number of allylic oxidation sites excluding steroid dienone is 1. The summed E-state index contributed by atoms with van der Waals surface area (Å²) in [6.45, 7) is 3.88. The van der Waals surface area contributed by atoms with E-state index in [2.05, 4.69) is 16.6 Å². The number of thiazole rings is 1. The molecule has 0 spiro atoms. The quantitative estimate of drug-likeness (QED) is 0.451. The van der Waals surface area contributed by atoms with Crippen LogP contribution in [0.2, 0.25) is 0 Å². The lowest BCUT2D eigenvalue weighted by Gasteiger charge is -2.05. The molecule has 0 aliphatic rings. The first-order valence-corrected chi connectivity index (χ1v) is 9.71. The fourth-order valence-corrected chi connectivity index (χ4v) is 4.32. The van der Waals surface area contributed by atoms with Crippen molar-refractivity contribution in [1.82, 2.24) is 23.3 Å². The van der Waals surface area contributed by atoms with Gasteiger partial charge in [0.2, 0.25) is 0 Å². The molecule has 3 heterocycles. The predicted octanol–water partition coefficient (Wildman–Crippen LogP) is 0.902. The summed E-state index contributed by atoms with van der Waals surface area (Å²) in [5.41, 5.74) is 0.0227. The lowest BCUT2D eigenvalue weighted by atomic mass is 10.3. The van der Waals surface area contributed by atoms with Crippen LogP contribution in [-0.4, -0.2) is 29.2 Å². The molecule has 4 aromatic rings. The van der Waals surface area contributed by atoms with Crippen molar-refractivity contribution in [2.24, 2.45) is 19.1 Å². The van der Waals surface area contributed by atoms with Gasteiger partial charge in [-0.3, -0.25) is 18.7 Å². The number of carbonyl (C=O) groups excluding carboxylic acids is 1. The number of hydrogen-bond donors (Lipinski definition) is 0. The average molecular weight is 428 g/mol. The molecular formula is C19H17FN6O3S. The molecule has 0 aliphatic heterocycles. The van der Waals surface area contributed by atoms with Crippen molar-refractivity contribution in [3.05, 3.63) is 68.6 Å². The van der Waals surface area contributed by atoms with Gasteiger partial charge >= 0.3 is 5.69 Å². The lowest BCUT2D eigenvalue weighted by molar-refractivity contribution is -0.118. The van der Waals surface area contributed by atoms with E-state index < -0.39 is 17.2 Å². The van der Waals surface area contributed by atoms with Gasteiger partial charge in [0.25, 0.3) is 11.5 Å². The summed E-state index contributed by atoms with van der Waals surface area (Å²) < 4.78 is 19.6. The van der Waals surface area contributed by atoms with Crippen molar-refractivity contribution in [2.75, 3.05) is 0 Å². The Morgan fingerprint density at radius 1 is 1.30 bits per heavy atom. The summed E-state index contributed by atoms with van der Waals surface area (Å²) in [7, 11) is 2.87. The molecule has 0 aliphatic carbocycles. The average Bonchev–Trinajstić information content (AvgIpc) is 3.26. The molecule has 9 nitrogen and oxygen atoms in total. The molecule has 0 saturated heterocycles. The van der Waals surface area contributed by atoms with Gasteiger partial charge < -0.3 is 9.13 Å². The highest BCUT2D eigenvalue weighted by molar-refractivity contribution is 7.16. The van der Waals surface area contributed by atoms with Crippen LogP contribution in [0.1, 0.15) is 0 Å². The van der Waals surface area contributed by atoms with E-state index >= 15 is 0 Å². The van der Waals surface area contributed by atoms with Crippen LogP contribution in [0, 0.1) is 5.82 Å². The number of rotatable bonds is 4. The fourth-order valence-electron chi connectivity index (χ4n) is 3.24. The van der Waals surface area contributed by atoms with Crippen LogP contribution in [-0.2, 0) is 32.0 Å². The number of aromatic nitrogens is 5. The van der Waals surface area contributed by atoms with Gasteiger partial charge in [-0.25, -0.2) is 14.2 Å². The second kappa shape index (κ2) is 7.34. The lowest BCUT2D eigenvalue weighted by Crippen LogP contribution is -2.37. The Morgan fingerprint density at radius 2 is 2.07 bits per heavy atom. The van der Waals surface area contributed by atoms with Crippen molar-refractivity contribution in [3.8, 4) is 0 Å². The van der Waals surface area contributed by atoms with Crippen LogP contribution >= 0.6 is 11.3 Å². The monoisotopic (exact) mass is 428 g/mol. The number of halogens is 1. The van der Waals surface area contributed by atoms with E-state index in [4.69, 9.17) is 0 Å². The Bertz CT molecular complexity index is 1520. The molecule has 30 heavy (non-hydrogen) atoms. The van der Waals surface area contributed by atoms with Gasteiger partial charge in [0.05, 0.1) is 16.5 Å². The summed E-state index contributed by atoms with van der Waals surface area (Å²) in [6, 6.07) is 4.36. The molecule has 0 radical (unpaired) electrons. The number of amides is 1. The van der Waals surface area contributed by atoms with E-state index in [0.717, 1.165) is 10.1 Å². The summed E-state index contributed by atoms with van der Waals surface area (Å²) >= 11 is 1.18. The first-order chi connectivity index (χ1) is 14.3. The van der Waals surface area contributed by atoms with Gasteiger partial charge in [0.1, 0.15) is 12.4 Å². The van der Waals surface area contributed by atoms with Crippen molar-refractivity contribution < 1.29 is 9.18 Å². The van der Waals surface area contributed by atoms with Crippen molar-refractivity contribution in [2.45, 2.75) is 13.1 Å². The highest BCUT2D eigenvalue weighted by atomic mass is 32.1. The molecular weight excluding hydrogens is 411 g/mol. The molecule has 1 aromatic carbocycles. The van der Waals surface area contributed by atoms with Crippen LogP contribution in [0.3, 0.4) is 0 Å². The number of hydrogen-bond acceptors (Lipinski definition) is 5. The molecule has 154 valence electrons. The zero-order valence-electron chi connectivity index (χ0n) is 16.2. The minimum Gasteiger partial charge on any atom is -0.315 e. The smallest absolute Gasteiger partial charge is 0.315 e. The number of benzene rings is 1. The molecule has 3 aromatic heterocycles. The second-order valence-electron chi connectivity index (χ2n) is 6.65. The SMILES string of the molecule is C=CCn1c(=NC(=O)Cn2cnc3c2c(=O)n(C)c(=O)n3C)sc2cc(F)ccc21. The molecule has 4 rings (SSSR count). The standard InChI is InChI=1S/C19H17FN6O3S/c1-4-7-26-12-6-5-11(20)8-13(12)30-18(26)22-14(27)9-25-10-21-16-15(25)17(28)24(3)19(29)23(16)2/h4-6,8,10H,1,7,9H2,2-3H3. The van der Waals surface area contributed by atoms with E-state index in [0.29, 0.717) is 16.0 Å². The first-order valence-electron chi connectivity index (χ1n) is 8.90. The number of fused-ring (bicyclic) bond motifs is 2. The Morgan fingerprint density at radius 3 is 2.80 bits per heavy atom. The number of imidazole rings is 1. The second-order valence-corrected chi connectivity index (χ2v) is 7.66. The molecule has 0 unspecified atom stereocenters. The van der Waals surface area contributed by atoms with E-state index in [-0.39, 0.29) is 23.5 Å². The van der Waals surface area contributed by atoms with E-state index in [9.17, 15) is 18.8 Å². The number of carbonyl (C=O) groups is 1. The van der Waals surface area contributed by atoms with Gasteiger partial charge in [-0.1, -0.05) is 17.4 Å². The van der Waals surface area contributed by atoms with Crippen LogP contribution in [0.4, 0.5) is 4.39 Å². The Balaban J connectivity index is 1.80. The van der Waals surface area contributed by atoms with Crippen molar-refractivity contribution in [3.63, 3.8) is 0 Å². The maximum Gasteiger partial charge on any atom is 0.332 e. The van der Waals surface area contributed by atoms with Crippen LogP contribution in [0.15, 0.2) is 51.8 Å². The Labute approximate surface area is 172 Å². The third-order valence-electron chi connectivity index (χ3n) is 4.70. The van der Waals surface area contributed by atoms with E-state index in [1.807, 2.05) is 0 Å². The van der Waals surface area contributed by atoms with Crippen LogP contribution in [0.5, 0.6) is 0 Å². The van der Waals surface area contributed by atoms with Gasteiger partial charge in [0.15, 0.2) is 16.0 Å². The van der Waals surface area contributed by atoms with Gasteiger partial charge in [-0.2, -0.15) is 4.99 Å². The van der Waals surface area contributed by atoms with Crippen molar-refractivity contribution >= 4 is 38.6 Å². The Hall–Kier alpha value is -3.60. The van der Waals surface area contributed by atoms with Gasteiger partial charge in [0, 0.05) is 20.6 Å². The van der Waals surface area contributed by atoms with Gasteiger partial charge in [-0.15, -0.1) is 6.58 Å². The molecule has 11 heteroatoms. The Kier molecular flexibility index (Phi) is 4.82. The summed E-state index contributed by atoms with van der Waals surface area (Å²) in [4.78, 5) is 45.9. The number of aryl methyl sites for hydroxylation is 1. The summed E-state index contributed by atoms with van der Waals surface area (Å²) in [5, 5.41) is 0. The highest BCUT2D eigenvalue weighted by Crippen LogP contribution is 2.18. The zero-order chi connectivity index (χ0) is 21.6. The third kappa shape index (κ3) is 3.12. The minimum absolute atomic E-state index is 0.139. The first kappa shape index (κ1) is 19.7. The maximum absolute atomic E-state index is 13.6. The molecule has 0 bridgehead atoms. The molecule has 0 fully saturated rings. The molecule has 0 saturated carbocycles. The predicted molar refractivity (Wildman–Crippen MR) is 111 cm³/mol. The summed E-state index contributed by atoms with van der Waals surface area (Å²) in [5.74, 6) is -0.895. The van der Waals surface area contributed by atoms with Crippen LogP contribution < -0.4 is 16.1 Å². The minimum atomic E-state index is -0.544. The van der Waals surface area contributed by atoms with E-state index in [1.165, 1.54) is 53.0 Å².